The molecule has 0 aliphatic carbocycles. The highest BCUT2D eigenvalue weighted by Gasteiger charge is 2.43. The molecule has 2 fully saturated rings. The maximum absolute atomic E-state index is 13.2. The molecule has 2 saturated heterocycles. The van der Waals surface area contributed by atoms with Crippen LogP contribution in [0.4, 0.5) is 0 Å². The Hall–Kier alpha value is -2.42. The van der Waals surface area contributed by atoms with Crippen molar-refractivity contribution in [1.29, 1.82) is 0 Å². The van der Waals surface area contributed by atoms with Crippen LogP contribution in [0.25, 0.3) is 0 Å². The molecule has 2 N–H and O–H groups in total. The van der Waals surface area contributed by atoms with Crippen molar-refractivity contribution in [2.24, 2.45) is 0 Å². The average molecular weight is 536 g/mol. The third-order valence-corrected chi connectivity index (χ3v) is 8.85. The molecule has 0 spiro atoms. The summed E-state index contributed by atoms with van der Waals surface area (Å²) in [6.45, 7) is 6.49. The number of thioether (sulfide) groups is 1. The predicted octanol–water partition coefficient (Wildman–Crippen LogP) is 4.14. The van der Waals surface area contributed by atoms with Crippen LogP contribution < -0.4 is 10.6 Å². The van der Waals surface area contributed by atoms with E-state index < -0.39 is 4.87 Å². The van der Waals surface area contributed by atoms with Gasteiger partial charge in [0.05, 0.1) is 6.04 Å². The average Bonchev–Trinajstić information content (AvgIpc) is 3.46. The second-order valence-corrected chi connectivity index (χ2v) is 11.3. The highest BCUT2D eigenvalue weighted by Crippen LogP contribution is 2.37. The lowest BCUT2D eigenvalue weighted by molar-refractivity contribution is -0.124. The first-order chi connectivity index (χ1) is 18.2. The third-order valence-electron chi connectivity index (χ3n) is 7.19. The van der Waals surface area contributed by atoms with Gasteiger partial charge in [-0.1, -0.05) is 60.1 Å². The molecule has 1 aromatic heterocycles. The molecule has 3 aromatic rings. The molecule has 2 atom stereocenters. The van der Waals surface area contributed by atoms with Crippen molar-refractivity contribution in [3.63, 3.8) is 0 Å². The highest BCUT2D eigenvalue weighted by molar-refractivity contribution is 8.01. The standard InChI is InChI=1S/C29H34ClN5OS/c30-26-11-9-24(10-12-26)27(23-6-2-1-3-7-23)35-19-17-34(18-20-35)16-5-14-32-28(36)29(33-15-21-37-29)25-8-4-13-31-22-25/h1-4,6-13,22,27,33H,5,14-21H2,(H,32,36). The minimum absolute atomic E-state index is 0.0292. The van der Waals surface area contributed by atoms with Crippen LogP contribution in [-0.4, -0.2) is 72.3 Å². The van der Waals surface area contributed by atoms with E-state index in [0.717, 1.165) is 62.0 Å². The molecule has 194 valence electrons. The van der Waals surface area contributed by atoms with Crippen LogP contribution in [0.5, 0.6) is 0 Å². The summed E-state index contributed by atoms with van der Waals surface area (Å²) in [6, 6.07) is 23.1. The Morgan fingerprint density at radius 2 is 1.78 bits per heavy atom. The molecule has 37 heavy (non-hydrogen) atoms. The second kappa shape index (κ2) is 12.4. The zero-order valence-corrected chi connectivity index (χ0v) is 22.6. The molecular weight excluding hydrogens is 502 g/mol. The van der Waals surface area contributed by atoms with Crippen molar-refractivity contribution in [2.45, 2.75) is 17.3 Å². The summed E-state index contributed by atoms with van der Waals surface area (Å²) in [4.78, 5) is 21.7. The lowest BCUT2D eigenvalue weighted by Gasteiger charge is -2.40. The van der Waals surface area contributed by atoms with E-state index in [1.807, 2.05) is 24.3 Å². The van der Waals surface area contributed by atoms with Crippen molar-refractivity contribution >= 4 is 29.3 Å². The van der Waals surface area contributed by atoms with Crippen molar-refractivity contribution in [1.82, 2.24) is 25.4 Å². The van der Waals surface area contributed by atoms with Crippen molar-refractivity contribution in [3.8, 4) is 0 Å². The van der Waals surface area contributed by atoms with Crippen LogP contribution in [-0.2, 0) is 9.67 Å². The maximum Gasteiger partial charge on any atom is 0.255 e. The highest BCUT2D eigenvalue weighted by atomic mass is 35.5. The summed E-state index contributed by atoms with van der Waals surface area (Å²) in [5.41, 5.74) is 3.49. The number of carbonyl (C=O) groups is 1. The second-order valence-electron chi connectivity index (χ2n) is 9.55. The molecule has 8 heteroatoms. The summed E-state index contributed by atoms with van der Waals surface area (Å²) in [7, 11) is 0. The van der Waals surface area contributed by atoms with Gasteiger partial charge in [0.2, 0.25) is 0 Å². The SMILES string of the molecule is O=C(NCCCN1CCN(C(c2ccccc2)c2ccc(Cl)cc2)CC1)C1(c2cccnc2)NCCS1. The zero-order chi connectivity index (χ0) is 25.5. The van der Waals surface area contributed by atoms with Gasteiger partial charge in [-0.05, 0) is 42.3 Å². The quantitative estimate of drug-likeness (QED) is 0.402. The molecule has 2 aliphatic rings. The van der Waals surface area contributed by atoms with Crippen LogP contribution in [0, 0.1) is 0 Å². The summed E-state index contributed by atoms with van der Waals surface area (Å²) in [6.07, 6.45) is 4.46. The number of pyridine rings is 1. The molecule has 0 bridgehead atoms. The van der Waals surface area contributed by atoms with Gasteiger partial charge in [0.1, 0.15) is 0 Å². The van der Waals surface area contributed by atoms with Gasteiger partial charge in [-0.2, -0.15) is 0 Å². The van der Waals surface area contributed by atoms with Gasteiger partial charge in [0.25, 0.3) is 5.91 Å². The number of carbonyl (C=O) groups excluding carboxylic acids is 1. The third kappa shape index (κ3) is 6.19. The molecule has 0 radical (unpaired) electrons. The summed E-state index contributed by atoms with van der Waals surface area (Å²) in [5.74, 6) is 0.938. The number of amides is 1. The molecule has 1 amide bonds. The number of rotatable bonds is 9. The summed E-state index contributed by atoms with van der Waals surface area (Å²) < 4.78 is 0. The number of halogens is 1. The van der Waals surface area contributed by atoms with E-state index in [9.17, 15) is 4.79 Å². The Morgan fingerprint density at radius 3 is 2.46 bits per heavy atom. The minimum atomic E-state index is -0.728. The first-order valence-electron chi connectivity index (χ1n) is 13.0. The molecule has 2 aliphatic heterocycles. The first-order valence-corrected chi connectivity index (χ1v) is 14.4. The van der Waals surface area contributed by atoms with Crippen molar-refractivity contribution < 1.29 is 4.79 Å². The molecule has 5 rings (SSSR count). The van der Waals surface area contributed by atoms with Gasteiger partial charge < -0.3 is 10.2 Å². The lowest BCUT2D eigenvalue weighted by atomic mass is 9.96. The van der Waals surface area contributed by atoms with E-state index in [2.05, 4.69) is 67.9 Å². The van der Waals surface area contributed by atoms with E-state index >= 15 is 0 Å². The van der Waals surface area contributed by atoms with E-state index in [1.54, 1.807) is 24.2 Å². The number of benzene rings is 2. The van der Waals surface area contributed by atoms with Gasteiger partial charge in [-0.25, -0.2) is 0 Å². The largest absolute Gasteiger partial charge is 0.353 e. The van der Waals surface area contributed by atoms with Gasteiger partial charge in [0, 0.05) is 68.0 Å². The molecule has 6 nitrogen and oxygen atoms in total. The predicted molar refractivity (Wildman–Crippen MR) is 152 cm³/mol. The van der Waals surface area contributed by atoms with Crippen molar-refractivity contribution in [3.05, 3.63) is 101 Å². The Morgan fingerprint density at radius 1 is 1.03 bits per heavy atom. The van der Waals surface area contributed by atoms with Crippen LogP contribution >= 0.6 is 23.4 Å². The van der Waals surface area contributed by atoms with Crippen molar-refractivity contribution in [2.75, 3.05) is 51.6 Å². The van der Waals surface area contributed by atoms with Gasteiger partial charge in [0.15, 0.2) is 4.87 Å². The Labute approximate surface area is 228 Å². The zero-order valence-electron chi connectivity index (χ0n) is 21.0. The van der Waals surface area contributed by atoms with Gasteiger partial charge in [-0.15, -0.1) is 11.8 Å². The minimum Gasteiger partial charge on any atom is -0.353 e. The number of hydrogen-bond acceptors (Lipinski definition) is 6. The Bertz CT molecular complexity index is 1130. The van der Waals surface area contributed by atoms with E-state index in [0.29, 0.717) is 6.54 Å². The number of aromatic nitrogens is 1. The maximum atomic E-state index is 13.2. The fourth-order valence-electron chi connectivity index (χ4n) is 5.28. The number of nitrogens with zero attached hydrogens (tertiary/aromatic N) is 3. The fraction of sp³-hybridized carbons (Fsp3) is 0.379. The normalized spacial score (nSPS) is 21.5. The number of piperazine rings is 1. The smallest absolute Gasteiger partial charge is 0.255 e. The van der Waals surface area contributed by atoms with E-state index in [1.165, 1.54) is 11.1 Å². The molecule has 0 saturated carbocycles. The van der Waals surface area contributed by atoms with Gasteiger partial charge in [-0.3, -0.25) is 20.0 Å². The van der Waals surface area contributed by atoms with E-state index in [-0.39, 0.29) is 11.9 Å². The van der Waals surface area contributed by atoms with Gasteiger partial charge >= 0.3 is 0 Å². The summed E-state index contributed by atoms with van der Waals surface area (Å²) >= 11 is 7.82. The molecule has 2 unspecified atom stereocenters. The Kier molecular flexibility index (Phi) is 8.79. The summed E-state index contributed by atoms with van der Waals surface area (Å²) in [5, 5.41) is 7.35. The molecule has 2 aromatic carbocycles. The monoisotopic (exact) mass is 535 g/mol. The van der Waals surface area contributed by atoms with Crippen LogP contribution in [0.1, 0.15) is 29.2 Å². The Balaban J connectivity index is 1.12. The first kappa shape index (κ1) is 26.2. The molecule has 3 heterocycles. The van der Waals surface area contributed by atoms with Crippen LogP contribution in [0.15, 0.2) is 79.1 Å². The van der Waals surface area contributed by atoms with E-state index in [4.69, 9.17) is 11.6 Å². The molecular formula is C29H34ClN5OS. The lowest BCUT2D eigenvalue weighted by Crippen LogP contribution is -2.50. The topological polar surface area (TPSA) is 60.5 Å². The fourth-order valence-corrected chi connectivity index (χ4v) is 6.62. The number of nitrogens with one attached hydrogen (secondary N) is 2. The number of hydrogen-bond donors (Lipinski definition) is 2. The van der Waals surface area contributed by atoms with Crippen LogP contribution in [0.3, 0.4) is 0 Å². The van der Waals surface area contributed by atoms with Crippen LogP contribution in [0.2, 0.25) is 5.02 Å².